The molecule has 2 aromatic rings. The minimum absolute atomic E-state index is 0.191. The molecule has 0 heterocycles. The van der Waals surface area contributed by atoms with Gasteiger partial charge in [-0.05, 0) is 61.9 Å². The van der Waals surface area contributed by atoms with E-state index >= 15 is 0 Å². The van der Waals surface area contributed by atoms with Crippen LogP contribution in [-0.2, 0) is 0 Å². The zero-order valence-electron chi connectivity index (χ0n) is 12.4. The predicted octanol–water partition coefficient (Wildman–Crippen LogP) is 3.34. The highest BCUT2D eigenvalue weighted by atomic mass is 16.5. The second-order valence-corrected chi connectivity index (χ2v) is 4.75. The minimum Gasteiger partial charge on any atom is -0.494 e. The number of amides is 1. The summed E-state index contributed by atoms with van der Waals surface area (Å²) < 4.78 is 5.33. The molecule has 114 valence electrons. The molecule has 0 aromatic heterocycles. The summed E-state index contributed by atoms with van der Waals surface area (Å²) in [5.41, 5.74) is 1.98. The van der Waals surface area contributed by atoms with Gasteiger partial charge in [-0.1, -0.05) is 0 Å². The molecule has 0 saturated heterocycles. The van der Waals surface area contributed by atoms with Crippen LogP contribution in [0.5, 0.6) is 5.75 Å². The standard InChI is InChI=1S/C17H17NO4/c1-3-22-14-7-4-12(5-8-14)16(19)18-15-9-6-13(17(20)21)10-11(15)2/h4-10H,3H2,1-2H3,(H,18,19)(H,20,21). The van der Waals surface area contributed by atoms with Crippen LogP contribution >= 0.6 is 0 Å². The van der Waals surface area contributed by atoms with Crippen LogP contribution in [0.1, 0.15) is 33.2 Å². The fourth-order valence-electron chi connectivity index (χ4n) is 2.00. The Balaban J connectivity index is 2.13. The second-order valence-electron chi connectivity index (χ2n) is 4.75. The average molecular weight is 299 g/mol. The lowest BCUT2D eigenvalue weighted by Gasteiger charge is -2.10. The highest BCUT2D eigenvalue weighted by Crippen LogP contribution is 2.18. The minimum atomic E-state index is -0.993. The average Bonchev–Trinajstić information content (AvgIpc) is 2.50. The maximum absolute atomic E-state index is 12.2. The van der Waals surface area contributed by atoms with Gasteiger partial charge in [-0.15, -0.1) is 0 Å². The van der Waals surface area contributed by atoms with Crippen molar-refractivity contribution in [3.8, 4) is 5.75 Å². The van der Waals surface area contributed by atoms with Crippen molar-refractivity contribution < 1.29 is 19.4 Å². The normalized spacial score (nSPS) is 10.1. The summed E-state index contributed by atoms with van der Waals surface area (Å²) in [6, 6.07) is 11.4. The van der Waals surface area contributed by atoms with Crippen LogP contribution < -0.4 is 10.1 Å². The van der Waals surface area contributed by atoms with Gasteiger partial charge < -0.3 is 15.2 Å². The number of aromatic carboxylic acids is 1. The monoisotopic (exact) mass is 299 g/mol. The summed E-state index contributed by atoms with van der Waals surface area (Å²) >= 11 is 0. The number of carboxylic acid groups (broad SMARTS) is 1. The van der Waals surface area contributed by atoms with Gasteiger partial charge in [0, 0.05) is 11.3 Å². The number of anilines is 1. The molecule has 0 aliphatic heterocycles. The molecule has 2 aromatic carbocycles. The Kier molecular flexibility index (Phi) is 4.78. The molecular weight excluding hydrogens is 282 g/mol. The number of hydrogen-bond donors (Lipinski definition) is 2. The first kappa shape index (κ1) is 15.6. The first-order chi connectivity index (χ1) is 10.5. The van der Waals surface area contributed by atoms with Crippen LogP contribution in [0.25, 0.3) is 0 Å². The number of aryl methyl sites for hydroxylation is 1. The second kappa shape index (κ2) is 6.76. The Morgan fingerprint density at radius 3 is 2.27 bits per heavy atom. The van der Waals surface area contributed by atoms with Gasteiger partial charge in [0.25, 0.3) is 5.91 Å². The summed E-state index contributed by atoms with van der Waals surface area (Å²) in [5.74, 6) is -0.539. The molecule has 5 heteroatoms. The molecule has 2 N–H and O–H groups in total. The quantitative estimate of drug-likeness (QED) is 0.887. The van der Waals surface area contributed by atoms with E-state index < -0.39 is 5.97 Å². The molecular formula is C17H17NO4. The third-order valence-corrected chi connectivity index (χ3v) is 3.15. The van der Waals surface area contributed by atoms with Crippen molar-refractivity contribution in [2.24, 2.45) is 0 Å². The van der Waals surface area contributed by atoms with E-state index in [0.29, 0.717) is 29.2 Å². The van der Waals surface area contributed by atoms with Gasteiger partial charge in [0.15, 0.2) is 0 Å². The van der Waals surface area contributed by atoms with Gasteiger partial charge >= 0.3 is 5.97 Å². The maximum atomic E-state index is 12.2. The summed E-state index contributed by atoms with van der Waals surface area (Å²) in [5, 5.41) is 11.7. The van der Waals surface area contributed by atoms with E-state index in [1.807, 2.05) is 6.92 Å². The number of rotatable bonds is 5. The Bertz CT molecular complexity index is 692. The Morgan fingerprint density at radius 2 is 1.73 bits per heavy atom. The van der Waals surface area contributed by atoms with Crippen molar-refractivity contribution >= 4 is 17.6 Å². The predicted molar refractivity (Wildman–Crippen MR) is 83.7 cm³/mol. The molecule has 0 unspecified atom stereocenters. The maximum Gasteiger partial charge on any atom is 0.335 e. The molecule has 1 amide bonds. The van der Waals surface area contributed by atoms with E-state index in [2.05, 4.69) is 5.32 Å². The first-order valence-electron chi connectivity index (χ1n) is 6.89. The van der Waals surface area contributed by atoms with Crippen LogP contribution in [0.4, 0.5) is 5.69 Å². The van der Waals surface area contributed by atoms with Gasteiger partial charge in [0.05, 0.1) is 12.2 Å². The Labute approximate surface area is 128 Å². The number of carboxylic acids is 1. The molecule has 0 atom stereocenters. The van der Waals surface area contributed by atoms with Crippen LogP contribution in [0.15, 0.2) is 42.5 Å². The van der Waals surface area contributed by atoms with Crippen molar-refractivity contribution in [2.45, 2.75) is 13.8 Å². The third kappa shape index (κ3) is 3.63. The highest BCUT2D eigenvalue weighted by Gasteiger charge is 2.10. The molecule has 0 bridgehead atoms. The zero-order valence-corrected chi connectivity index (χ0v) is 12.4. The number of nitrogens with one attached hydrogen (secondary N) is 1. The van der Waals surface area contributed by atoms with Crippen molar-refractivity contribution in [1.82, 2.24) is 0 Å². The van der Waals surface area contributed by atoms with Gasteiger partial charge in [-0.3, -0.25) is 4.79 Å². The van der Waals surface area contributed by atoms with Crippen molar-refractivity contribution in [1.29, 1.82) is 0 Å². The molecule has 0 aliphatic rings. The van der Waals surface area contributed by atoms with E-state index in [0.717, 1.165) is 0 Å². The van der Waals surface area contributed by atoms with Gasteiger partial charge in [0.2, 0.25) is 0 Å². The van der Waals surface area contributed by atoms with Crippen LogP contribution in [0, 0.1) is 6.92 Å². The first-order valence-corrected chi connectivity index (χ1v) is 6.89. The SMILES string of the molecule is CCOc1ccc(C(=O)Nc2ccc(C(=O)O)cc2C)cc1. The van der Waals surface area contributed by atoms with Crippen molar-refractivity contribution in [3.05, 3.63) is 59.2 Å². The molecule has 0 saturated carbocycles. The summed E-state index contributed by atoms with van der Waals surface area (Å²) in [7, 11) is 0. The summed E-state index contributed by atoms with van der Waals surface area (Å²) in [6.45, 7) is 4.21. The lowest BCUT2D eigenvalue weighted by atomic mass is 10.1. The molecule has 0 radical (unpaired) electrons. The van der Waals surface area contributed by atoms with Crippen LogP contribution in [0.3, 0.4) is 0 Å². The Morgan fingerprint density at radius 1 is 1.09 bits per heavy atom. The molecule has 2 rings (SSSR count). The highest BCUT2D eigenvalue weighted by molar-refractivity contribution is 6.05. The van der Waals surface area contributed by atoms with Gasteiger partial charge in [-0.2, -0.15) is 0 Å². The third-order valence-electron chi connectivity index (χ3n) is 3.15. The van der Waals surface area contributed by atoms with Crippen LogP contribution in [0.2, 0.25) is 0 Å². The molecule has 0 spiro atoms. The van der Waals surface area contributed by atoms with Crippen molar-refractivity contribution in [2.75, 3.05) is 11.9 Å². The number of ether oxygens (including phenoxy) is 1. The summed E-state index contributed by atoms with van der Waals surface area (Å²) in [6.07, 6.45) is 0. The van der Waals surface area contributed by atoms with E-state index in [1.165, 1.54) is 12.1 Å². The van der Waals surface area contributed by atoms with E-state index in [1.54, 1.807) is 37.3 Å². The zero-order chi connectivity index (χ0) is 16.1. The molecule has 5 nitrogen and oxygen atoms in total. The summed E-state index contributed by atoms with van der Waals surface area (Å²) in [4.78, 5) is 23.1. The van der Waals surface area contributed by atoms with Crippen LogP contribution in [-0.4, -0.2) is 23.6 Å². The molecule has 0 fully saturated rings. The largest absolute Gasteiger partial charge is 0.494 e. The topological polar surface area (TPSA) is 75.6 Å². The Hall–Kier alpha value is -2.82. The number of carbonyl (C=O) groups is 2. The van der Waals surface area contributed by atoms with Crippen molar-refractivity contribution in [3.63, 3.8) is 0 Å². The van der Waals surface area contributed by atoms with Gasteiger partial charge in [0.1, 0.15) is 5.75 Å². The van der Waals surface area contributed by atoms with Gasteiger partial charge in [-0.25, -0.2) is 4.79 Å². The number of benzene rings is 2. The lowest BCUT2D eigenvalue weighted by molar-refractivity contribution is 0.0696. The fraction of sp³-hybridized carbons (Fsp3) is 0.176. The van der Waals surface area contributed by atoms with E-state index in [-0.39, 0.29) is 11.5 Å². The molecule has 0 aliphatic carbocycles. The number of hydrogen-bond acceptors (Lipinski definition) is 3. The number of carbonyl (C=O) groups excluding carboxylic acids is 1. The van der Waals surface area contributed by atoms with E-state index in [9.17, 15) is 9.59 Å². The smallest absolute Gasteiger partial charge is 0.335 e. The fourth-order valence-corrected chi connectivity index (χ4v) is 2.00. The molecule has 22 heavy (non-hydrogen) atoms. The lowest BCUT2D eigenvalue weighted by Crippen LogP contribution is -2.13. The van der Waals surface area contributed by atoms with E-state index in [4.69, 9.17) is 9.84 Å².